The Morgan fingerprint density at radius 3 is 2.68 bits per heavy atom. The van der Waals surface area contributed by atoms with Crippen molar-refractivity contribution in [3.63, 3.8) is 0 Å². The van der Waals surface area contributed by atoms with Gasteiger partial charge >= 0.3 is 0 Å². The number of hydrogen-bond acceptors (Lipinski definition) is 5. The summed E-state index contributed by atoms with van der Waals surface area (Å²) in [6, 6.07) is -0.805. The highest BCUT2D eigenvalue weighted by molar-refractivity contribution is 7.91. The first kappa shape index (κ1) is 16.4. The SMILES string of the molecule is CCCC(N)C(=O)N(CCOC)C1CCS(=O)(=O)C1. The highest BCUT2D eigenvalue weighted by atomic mass is 32.2. The number of methoxy groups -OCH3 is 1. The number of nitrogens with zero attached hydrogens (tertiary/aromatic N) is 1. The molecule has 0 aromatic carbocycles. The molecule has 7 heteroatoms. The van der Waals surface area contributed by atoms with Gasteiger partial charge in [-0.1, -0.05) is 13.3 Å². The number of rotatable bonds is 7. The summed E-state index contributed by atoms with van der Waals surface area (Å²) in [7, 11) is -1.46. The van der Waals surface area contributed by atoms with Crippen molar-refractivity contribution in [1.82, 2.24) is 4.90 Å². The van der Waals surface area contributed by atoms with Crippen LogP contribution < -0.4 is 5.73 Å². The zero-order valence-corrected chi connectivity index (χ0v) is 12.5. The van der Waals surface area contributed by atoms with Gasteiger partial charge in [0.2, 0.25) is 5.91 Å². The molecule has 0 bridgehead atoms. The van der Waals surface area contributed by atoms with E-state index in [1.165, 1.54) is 0 Å². The summed E-state index contributed by atoms with van der Waals surface area (Å²) in [6.45, 7) is 2.75. The van der Waals surface area contributed by atoms with E-state index < -0.39 is 15.9 Å². The first-order chi connectivity index (χ1) is 8.91. The van der Waals surface area contributed by atoms with E-state index in [-0.39, 0.29) is 23.5 Å². The van der Waals surface area contributed by atoms with E-state index in [1.54, 1.807) is 12.0 Å². The van der Waals surface area contributed by atoms with E-state index in [0.29, 0.717) is 26.0 Å². The second-order valence-electron chi connectivity index (χ2n) is 4.98. The lowest BCUT2D eigenvalue weighted by molar-refractivity contribution is -0.135. The average Bonchev–Trinajstić information content (AvgIpc) is 2.70. The van der Waals surface area contributed by atoms with Gasteiger partial charge in [-0.2, -0.15) is 0 Å². The zero-order chi connectivity index (χ0) is 14.5. The molecule has 6 nitrogen and oxygen atoms in total. The van der Waals surface area contributed by atoms with Crippen LogP contribution in [-0.2, 0) is 19.4 Å². The molecule has 0 aromatic heterocycles. The van der Waals surface area contributed by atoms with Gasteiger partial charge in [0.05, 0.1) is 24.2 Å². The molecule has 0 aromatic rings. The Hall–Kier alpha value is -0.660. The van der Waals surface area contributed by atoms with Gasteiger partial charge in [0.1, 0.15) is 0 Å². The molecule has 0 saturated carbocycles. The van der Waals surface area contributed by atoms with E-state index in [4.69, 9.17) is 10.5 Å². The average molecular weight is 292 g/mol. The fraction of sp³-hybridized carbons (Fsp3) is 0.917. The Balaban J connectivity index is 2.74. The number of carbonyl (C=O) groups excluding carboxylic acids is 1. The summed E-state index contributed by atoms with van der Waals surface area (Å²) >= 11 is 0. The Morgan fingerprint density at radius 2 is 2.21 bits per heavy atom. The largest absolute Gasteiger partial charge is 0.383 e. The molecule has 19 heavy (non-hydrogen) atoms. The maximum absolute atomic E-state index is 12.3. The maximum atomic E-state index is 12.3. The second kappa shape index (κ2) is 7.21. The molecule has 1 rings (SSSR count). The van der Waals surface area contributed by atoms with Crippen molar-refractivity contribution in [3.05, 3.63) is 0 Å². The van der Waals surface area contributed by atoms with Crippen molar-refractivity contribution in [2.75, 3.05) is 31.8 Å². The van der Waals surface area contributed by atoms with E-state index >= 15 is 0 Å². The minimum atomic E-state index is -3.01. The maximum Gasteiger partial charge on any atom is 0.239 e. The molecule has 1 aliphatic heterocycles. The van der Waals surface area contributed by atoms with Gasteiger partial charge in [-0.05, 0) is 12.8 Å². The summed E-state index contributed by atoms with van der Waals surface area (Å²) in [5, 5.41) is 0. The van der Waals surface area contributed by atoms with Crippen molar-refractivity contribution in [2.45, 2.75) is 38.3 Å². The first-order valence-electron chi connectivity index (χ1n) is 6.66. The molecule has 1 saturated heterocycles. The third kappa shape index (κ3) is 4.74. The molecule has 2 atom stereocenters. The lowest BCUT2D eigenvalue weighted by Crippen LogP contribution is -2.50. The highest BCUT2D eigenvalue weighted by Crippen LogP contribution is 2.19. The molecule has 2 unspecified atom stereocenters. The van der Waals surface area contributed by atoms with Crippen LogP contribution in [0, 0.1) is 0 Å². The zero-order valence-electron chi connectivity index (χ0n) is 11.7. The van der Waals surface area contributed by atoms with Crippen LogP contribution in [0.25, 0.3) is 0 Å². The van der Waals surface area contributed by atoms with Gasteiger partial charge in [-0.3, -0.25) is 4.79 Å². The Bertz CT molecular complexity index is 397. The normalized spacial score (nSPS) is 23.2. The number of ether oxygens (including phenoxy) is 1. The molecule has 0 spiro atoms. The van der Waals surface area contributed by atoms with Gasteiger partial charge in [-0.15, -0.1) is 0 Å². The Kier molecular flexibility index (Phi) is 6.22. The Labute approximate surface area is 115 Å². The van der Waals surface area contributed by atoms with Crippen LogP contribution in [0.15, 0.2) is 0 Å². The third-order valence-corrected chi connectivity index (χ3v) is 5.14. The lowest BCUT2D eigenvalue weighted by atomic mass is 10.1. The molecule has 1 fully saturated rings. The number of carbonyl (C=O) groups is 1. The molecular formula is C12H24N2O4S. The molecule has 2 N–H and O–H groups in total. The monoisotopic (exact) mass is 292 g/mol. The van der Waals surface area contributed by atoms with Gasteiger partial charge < -0.3 is 15.4 Å². The summed E-state index contributed by atoms with van der Waals surface area (Å²) in [4.78, 5) is 13.9. The van der Waals surface area contributed by atoms with Crippen LogP contribution in [0.2, 0.25) is 0 Å². The summed E-state index contributed by atoms with van der Waals surface area (Å²) in [5.74, 6) is 0.0275. The van der Waals surface area contributed by atoms with E-state index in [0.717, 1.165) is 6.42 Å². The van der Waals surface area contributed by atoms with E-state index in [9.17, 15) is 13.2 Å². The number of amides is 1. The van der Waals surface area contributed by atoms with Crippen molar-refractivity contribution in [3.8, 4) is 0 Å². The van der Waals surface area contributed by atoms with Gasteiger partial charge in [0.25, 0.3) is 0 Å². The van der Waals surface area contributed by atoms with Crippen LogP contribution >= 0.6 is 0 Å². The topological polar surface area (TPSA) is 89.7 Å². The fourth-order valence-corrected chi connectivity index (χ4v) is 4.06. The Morgan fingerprint density at radius 1 is 1.53 bits per heavy atom. The van der Waals surface area contributed by atoms with E-state index in [1.807, 2.05) is 6.92 Å². The molecular weight excluding hydrogens is 268 g/mol. The van der Waals surface area contributed by atoms with Crippen LogP contribution in [0.4, 0.5) is 0 Å². The molecule has 1 heterocycles. The van der Waals surface area contributed by atoms with Crippen molar-refractivity contribution in [2.24, 2.45) is 5.73 Å². The smallest absolute Gasteiger partial charge is 0.239 e. The standard InChI is InChI=1S/C12H24N2O4S/c1-3-4-11(13)12(15)14(6-7-18-2)10-5-8-19(16,17)9-10/h10-11H,3-9,13H2,1-2H3. The van der Waals surface area contributed by atoms with Crippen molar-refractivity contribution < 1.29 is 17.9 Å². The lowest BCUT2D eigenvalue weighted by Gasteiger charge is -2.30. The van der Waals surface area contributed by atoms with Crippen LogP contribution in [0.3, 0.4) is 0 Å². The number of hydrogen-bond donors (Lipinski definition) is 1. The predicted molar refractivity (Wildman–Crippen MR) is 73.5 cm³/mol. The minimum Gasteiger partial charge on any atom is -0.383 e. The minimum absolute atomic E-state index is 0.0430. The summed E-state index contributed by atoms with van der Waals surface area (Å²) in [6.07, 6.45) is 1.94. The third-order valence-electron chi connectivity index (χ3n) is 3.39. The molecule has 1 aliphatic rings. The van der Waals surface area contributed by atoms with Crippen molar-refractivity contribution in [1.29, 1.82) is 0 Å². The van der Waals surface area contributed by atoms with Crippen molar-refractivity contribution >= 4 is 15.7 Å². The fourth-order valence-electron chi connectivity index (χ4n) is 2.33. The van der Waals surface area contributed by atoms with Gasteiger partial charge in [0, 0.05) is 19.7 Å². The quantitative estimate of drug-likeness (QED) is 0.700. The van der Waals surface area contributed by atoms with E-state index in [2.05, 4.69) is 0 Å². The summed E-state index contributed by atoms with van der Waals surface area (Å²) < 4.78 is 28.1. The van der Waals surface area contributed by atoms with Crippen LogP contribution in [-0.4, -0.2) is 63.1 Å². The van der Waals surface area contributed by atoms with Gasteiger partial charge in [0.15, 0.2) is 9.84 Å². The molecule has 112 valence electrons. The van der Waals surface area contributed by atoms with Crippen LogP contribution in [0.1, 0.15) is 26.2 Å². The second-order valence-corrected chi connectivity index (χ2v) is 7.21. The molecule has 0 radical (unpaired) electrons. The predicted octanol–water partition coefficient (Wildman–Crippen LogP) is -0.224. The summed E-state index contributed by atoms with van der Waals surface area (Å²) in [5.41, 5.74) is 5.85. The number of sulfone groups is 1. The molecule has 0 aliphatic carbocycles. The van der Waals surface area contributed by atoms with Gasteiger partial charge in [-0.25, -0.2) is 8.42 Å². The highest BCUT2D eigenvalue weighted by Gasteiger charge is 2.35. The first-order valence-corrected chi connectivity index (χ1v) is 8.48. The molecule has 1 amide bonds. The van der Waals surface area contributed by atoms with Crippen LogP contribution in [0.5, 0.6) is 0 Å². The number of nitrogens with two attached hydrogens (primary N) is 1.